The lowest BCUT2D eigenvalue weighted by Crippen LogP contribution is -2.07. The maximum atomic E-state index is 11.9. The van der Waals surface area contributed by atoms with Gasteiger partial charge in [-0.25, -0.2) is 0 Å². The Labute approximate surface area is 217 Å². The number of unbranched alkanes of at least 4 members (excludes halogenated alkanes) is 9. The predicted molar refractivity (Wildman–Crippen MR) is 148 cm³/mol. The van der Waals surface area contributed by atoms with Gasteiger partial charge in [-0.3, -0.25) is 4.18 Å². The second kappa shape index (κ2) is 18.2. The third-order valence-electron chi connectivity index (χ3n) is 5.49. The first-order valence-electron chi connectivity index (χ1n) is 12.8. The van der Waals surface area contributed by atoms with Crippen molar-refractivity contribution in [3.8, 4) is 0 Å². The van der Waals surface area contributed by atoms with Crippen molar-refractivity contribution < 1.29 is 12.6 Å². The predicted octanol–water partition coefficient (Wildman–Crippen LogP) is 9.15. The lowest BCUT2D eigenvalue weighted by molar-refractivity contribution is 0.306. The van der Waals surface area contributed by atoms with Crippen molar-refractivity contribution in [3.05, 3.63) is 91.0 Å². The van der Waals surface area contributed by atoms with Gasteiger partial charge in [-0.1, -0.05) is 131 Å². The molecule has 3 aromatic carbocycles. The Kier molecular flexibility index (Phi) is 15.2. The molecule has 0 N–H and O–H groups in total. The van der Waals surface area contributed by atoms with E-state index in [9.17, 15) is 8.42 Å². The van der Waals surface area contributed by atoms with Crippen molar-refractivity contribution in [1.82, 2.24) is 0 Å². The third kappa shape index (κ3) is 13.6. The van der Waals surface area contributed by atoms with Gasteiger partial charge in [-0.05, 0) is 42.8 Å². The van der Waals surface area contributed by atoms with Gasteiger partial charge in [0.15, 0.2) is 0 Å². The first-order valence-corrected chi connectivity index (χ1v) is 15.1. The molecule has 0 bridgehead atoms. The number of benzene rings is 3. The van der Waals surface area contributed by atoms with E-state index in [0.29, 0.717) is 0 Å². The maximum Gasteiger partial charge on any atom is 0.296 e. The summed E-state index contributed by atoms with van der Waals surface area (Å²) in [6.07, 6.45) is 12.3. The zero-order valence-corrected chi connectivity index (χ0v) is 22.6. The fraction of sp³-hybridized carbons (Fsp3) is 0.400. The van der Waals surface area contributed by atoms with Crippen molar-refractivity contribution in [2.24, 2.45) is 0 Å². The van der Waals surface area contributed by atoms with Crippen LogP contribution in [0.5, 0.6) is 0 Å². The second-order valence-corrected chi connectivity index (χ2v) is 11.3. The van der Waals surface area contributed by atoms with E-state index in [-0.39, 0.29) is 11.5 Å². The van der Waals surface area contributed by atoms with E-state index in [1.807, 2.05) is 12.1 Å². The molecule has 0 amide bonds. The number of hydrogen-bond donors (Lipinski definition) is 0. The standard InChI is InChI=1S/C18H30O3S.C12H10S/c1-2-3-4-5-6-7-8-9-10-14-17-21-22(19,20)18-15-12-11-13-16-18;1-3-7-11(8-4-1)13-12-9-5-2-6-10-12/h11-13,15-16H,2-10,14,17H2,1H3;1-10H. The van der Waals surface area contributed by atoms with Crippen LogP contribution in [0.3, 0.4) is 0 Å². The summed E-state index contributed by atoms with van der Waals surface area (Å²) in [6.45, 7) is 2.52. The molecule has 0 spiro atoms. The Hall–Kier alpha value is -2.08. The monoisotopic (exact) mass is 512 g/mol. The highest BCUT2D eigenvalue weighted by molar-refractivity contribution is 7.99. The Morgan fingerprint density at radius 3 is 1.43 bits per heavy atom. The van der Waals surface area contributed by atoms with Gasteiger partial charge >= 0.3 is 0 Å². The van der Waals surface area contributed by atoms with Gasteiger partial charge in [0.25, 0.3) is 10.1 Å². The Morgan fingerprint density at radius 2 is 0.971 bits per heavy atom. The molecule has 0 aliphatic heterocycles. The first kappa shape index (κ1) is 29.2. The van der Waals surface area contributed by atoms with Crippen LogP contribution in [0.15, 0.2) is 106 Å². The minimum absolute atomic E-state index is 0.238. The van der Waals surface area contributed by atoms with Crippen LogP contribution in [0.1, 0.15) is 71.1 Å². The molecule has 35 heavy (non-hydrogen) atoms. The van der Waals surface area contributed by atoms with E-state index in [4.69, 9.17) is 4.18 Å². The van der Waals surface area contributed by atoms with Gasteiger partial charge in [0.2, 0.25) is 0 Å². The third-order valence-corrected chi connectivity index (χ3v) is 7.83. The van der Waals surface area contributed by atoms with Crippen LogP contribution in [-0.2, 0) is 14.3 Å². The SMILES string of the molecule is CCCCCCCCCCCCOS(=O)(=O)c1ccccc1.c1ccc(Sc2ccccc2)cc1. The molecule has 0 unspecified atom stereocenters. The average Bonchev–Trinajstić information content (AvgIpc) is 2.89. The lowest BCUT2D eigenvalue weighted by Gasteiger charge is -2.05. The molecule has 0 atom stereocenters. The zero-order valence-electron chi connectivity index (χ0n) is 21.0. The fourth-order valence-electron chi connectivity index (χ4n) is 3.53. The minimum Gasteiger partial charge on any atom is -0.266 e. The summed E-state index contributed by atoms with van der Waals surface area (Å²) in [6, 6.07) is 29.1. The normalized spacial score (nSPS) is 11.0. The van der Waals surface area contributed by atoms with E-state index >= 15 is 0 Å². The summed E-state index contributed by atoms with van der Waals surface area (Å²) in [5, 5.41) is 0. The van der Waals surface area contributed by atoms with E-state index in [2.05, 4.69) is 55.5 Å². The molecule has 3 nitrogen and oxygen atoms in total. The Bertz CT molecular complexity index is 954. The van der Waals surface area contributed by atoms with Crippen LogP contribution in [0.25, 0.3) is 0 Å². The van der Waals surface area contributed by atoms with Crippen molar-refractivity contribution in [2.45, 2.75) is 85.8 Å². The zero-order chi connectivity index (χ0) is 25.0. The molecule has 0 aromatic heterocycles. The van der Waals surface area contributed by atoms with Crippen LogP contribution in [0, 0.1) is 0 Å². The minimum atomic E-state index is -3.57. The molecule has 3 rings (SSSR count). The van der Waals surface area contributed by atoms with Crippen molar-refractivity contribution in [1.29, 1.82) is 0 Å². The molecule has 0 aliphatic carbocycles. The van der Waals surface area contributed by atoms with Crippen molar-refractivity contribution >= 4 is 21.9 Å². The summed E-state index contributed by atoms with van der Waals surface area (Å²) in [7, 11) is -3.57. The van der Waals surface area contributed by atoms with E-state index < -0.39 is 10.1 Å². The smallest absolute Gasteiger partial charge is 0.266 e. The molecule has 3 aromatic rings. The van der Waals surface area contributed by atoms with Crippen molar-refractivity contribution in [2.75, 3.05) is 6.61 Å². The quantitative estimate of drug-likeness (QED) is 0.150. The molecular weight excluding hydrogens is 472 g/mol. The number of rotatable bonds is 15. The van der Waals surface area contributed by atoms with Crippen LogP contribution in [-0.4, -0.2) is 15.0 Å². The molecule has 5 heteroatoms. The maximum absolute atomic E-state index is 11.9. The van der Waals surface area contributed by atoms with E-state index in [1.165, 1.54) is 61.2 Å². The van der Waals surface area contributed by atoms with Gasteiger partial charge in [0, 0.05) is 9.79 Å². The highest BCUT2D eigenvalue weighted by atomic mass is 32.2. The molecule has 0 fully saturated rings. The Morgan fingerprint density at radius 1 is 0.571 bits per heavy atom. The molecule has 0 radical (unpaired) electrons. The average molecular weight is 513 g/mol. The molecular formula is C30H40O3S2. The second-order valence-electron chi connectivity index (χ2n) is 8.50. The molecule has 0 saturated carbocycles. The van der Waals surface area contributed by atoms with Gasteiger partial charge in [0.1, 0.15) is 0 Å². The summed E-state index contributed by atoms with van der Waals surface area (Å²) in [4.78, 5) is 2.81. The lowest BCUT2D eigenvalue weighted by atomic mass is 10.1. The summed E-state index contributed by atoms with van der Waals surface area (Å²) < 4.78 is 28.8. The molecule has 0 aliphatic rings. The van der Waals surface area contributed by atoms with Crippen LogP contribution in [0.2, 0.25) is 0 Å². The summed E-state index contributed by atoms with van der Waals surface area (Å²) in [5.74, 6) is 0. The fourth-order valence-corrected chi connectivity index (χ4v) is 5.35. The van der Waals surface area contributed by atoms with Gasteiger partial charge in [-0.2, -0.15) is 8.42 Å². The summed E-state index contributed by atoms with van der Waals surface area (Å²) >= 11 is 1.79. The van der Waals surface area contributed by atoms with E-state index in [1.54, 1.807) is 42.1 Å². The molecule has 0 heterocycles. The van der Waals surface area contributed by atoms with Crippen LogP contribution in [0.4, 0.5) is 0 Å². The van der Waals surface area contributed by atoms with Gasteiger partial charge in [-0.15, -0.1) is 0 Å². The van der Waals surface area contributed by atoms with Gasteiger partial charge < -0.3 is 0 Å². The summed E-state index contributed by atoms with van der Waals surface area (Å²) in [5.41, 5.74) is 0. The van der Waals surface area contributed by atoms with E-state index in [0.717, 1.165) is 12.8 Å². The topological polar surface area (TPSA) is 43.4 Å². The van der Waals surface area contributed by atoms with Crippen molar-refractivity contribution in [3.63, 3.8) is 0 Å². The molecule has 0 saturated heterocycles. The van der Waals surface area contributed by atoms with Crippen LogP contribution < -0.4 is 0 Å². The highest BCUT2D eigenvalue weighted by Crippen LogP contribution is 2.26. The first-order chi connectivity index (χ1) is 17.1. The molecule has 190 valence electrons. The largest absolute Gasteiger partial charge is 0.296 e. The number of hydrogen-bond acceptors (Lipinski definition) is 4. The van der Waals surface area contributed by atoms with Crippen LogP contribution >= 0.6 is 11.8 Å². The highest BCUT2D eigenvalue weighted by Gasteiger charge is 2.13. The van der Waals surface area contributed by atoms with Gasteiger partial charge in [0.05, 0.1) is 11.5 Å². The Balaban J connectivity index is 0.000000279.